The molecule has 0 spiro atoms. The maximum Gasteiger partial charge on any atom is 0.348 e. The number of thiophene rings is 2. The fourth-order valence-electron chi connectivity index (χ4n) is 6.16. The standard InChI is InChI=1S/C19H24O4S.C19H24O2S/c1-18(2,3)17(21)19(4,5)11-23-16(20)15-10-12-9-13(22-6)7-8-14(12)24-15;1-18(2,3)17-16(21-11-19(17,4)5)15-10-12-9-13(20-6)7-8-14(12)22-15/h7-10H,11H2,1-6H3;7-10H,11H2,1-6H3. The van der Waals surface area contributed by atoms with Gasteiger partial charge in [-0.1, -0.05) is 55.4 Å². The molecular formula is C38H48O6S2. The Balaban J connectivity index is 0.000000209. The zero-order chi connectivity index (χ0) is 34.2. The molecule has 8 heteroatoms. The molecule has 6 nitrogen and oxygen atoms in total. The topological polar surface area (TPSA) is 71.1 Å². The predicted molar refractivity (Wildman–Crippen MR) is 191 cm³/mol. The molecule has 0 fully saturated rings. The zero-order valence-corrected chi connectivity index (χ0v) is 30.9. The third-order valence-corrected chi connectivity index (χ3v) is 10.2. The van der Waals surface area contributed by atoms with Gasteiger partial charge in [0, 0.05) is 20.2 Å². The van der Waals surface area contributed by atoms with Gasteiger partial charge in [-0.3, -0.25) is 4.79 Å². The van der Waals surface area contributed by atoms with Crippen molar-refractivity contribution in [3.8, 4) is 11.5 Å². The van der Waals surface area contributed by atoms with E-state index < -0.39 is 16.8 Å². The van der Waals surface area contributed by atoms with E-state index in [-0.39, 0.29) is 23.2 Å². The van der Waals surface area contributed by atoms with Crippen LogP contribution in [0.4, 0.5) is 0 Å². The molecule has 248 valence electrons. The lowest BCUT2D eigenvalue weighted by Gasteiger charge is -2.30. The van der Waals surface area contributed by atoms with Gasteiger partial charge in [-0.05, 0) is 84.1 Å². The van der Waals surface area contributed by atoms with Gasteiger partial charge in [0.2, 0.25) is 0 Å². The van der Waals surface area contributed by atoms with Crippen LogP contribution in [0, 0.1) is 21.7 Å². The molecule has 0 saturated heterocycles. The van der Waals surface area contributed by atoms with Crippen molar-refractivity contribution in [3.63, 3.8) is 0 Å². The van der Waals surface area contributed by atoms with Gasteiger partial charge in [0.05, 0.1) is 31.1 Å². The molecule has 0 radical (unpaired) electrons. The molecule has 46 heavy (non-hydrogen) atoms. The van der Waals surface area contributed by atoms with Crippen LogP contribution in [-0.4, -0.2) is 39.2 Å². The van der Waals surface area contributed by atoms with Crippen LogP contribution in [0.1, 0.15) is 83.8 Å². The van der Waals surface area contributed by atoms with E-state index in [4.69, 9.17) is 18.9 Å². The Morgan fingerprint density at radius 3 is 1.87 bits per heavy atom. The SMILES string of the molecule is COc1ccc2sc(C(=O)OCC(C)(C)C(=O)C(C)(C)C)cc2c1.COc1ccc2sc(C3=C(C(C)(C)C)C(C)(C)CO3)cc2c1. The minimum absolute atomic E-state index is 0.0690. The normalized spacial score (nSPS) is 15.0. The first-order chi connectivity index (χ1) is 21.3. The largest absolute Gasteiger partial charge is 0.497 e. The van der Waals surface area contributed by atoms with E-state index in [2.05, 4.69) is 52.8 Å². The Labute approximate surface area is 281 Å². The highest BCUT2D eigenvalue weighted by atomic mass is 32.1. The summed E-state index contributed by atoms with van der Waals surface area (Å²) in [5.74, 6) is 2.40. The summed E-state index contributed by atoms with van der Waals surface area (Å²) in [6.45, 7) is 21.4. The fourth-order valence-corrected chi connectivity index (χ4v) is 8.15. The van der Waals surface area contributed by atoms with Crippen LogP contribution in [0.3, 0.4) is 0 Å². The highest BCUT2D eigenvalue weighted by Crippen LogP contribution is 2.51. The summed E-state index contributed by atoms with van der Waals surface area (Å²) < 4.78 is 24.3. The lowest BCUT2D eigenvalue weighted by atomic mass is 9.72. The van der Waals surface area contributed by atoms with E-state index in [1.54, 1.807) is 31.6 Å². The molecule has 1 aliphatic heterocycles. The minimum Gasteiger partial charge on any atom is -0.497 e. The third kappa shape index (κ3) is 7.77. The molecular weight excluding hydrogens is 617 g/mol. The van der Waals surface area contributed by atoms with Crippen LogP contribution in [0.15, 0.2) is 54.1 Å². The first-order valence-corrected chi connectivity index (χ1v) is 17.2. The monoisotopic (exact) mass is 664 g/mol. The molecule has 5 rings (SSSR count). The van der Waals surface area contributed by atoms with Crippen LogP contribution in [0.2, 0.25) is 0 Å². The summed E-state index contributed by atoms with van der Waals surface area (Å²) >= 11 is 3.17. The summed E-state index contributed by atoms with van der Waals surface area (Å²) in [7, 11) is 3.31. The highest BCUT2D eigenvalue weighted by Gasteiger charge is 2.41. The maximum atomic E-state index is 12.4. The van der Waals surface area contributed by atoms with Gasteiger partial charge in [0.15, 0.2) is 0 Å². The third-order valence-electron chi connectivity index (χ3n) is 7.96. The van der Waals surface area contributed by atoms with Crippen molar-refractivity contribution in [3.05, 3.63) is 63.9 Å². The zero-order valence-electron chi connectivity index (χ0n) is 29.3. The molecule has 0 N–H and O–H groups in total. The Morgan fingerprint density at radius 1 is 0.804 bits per heavy atom. The van der Waals surface area contributed by atoms with E-state index in [1.807, 2.05) is 58.9 Å². The Kier molecular flexibility index (Phi) is 10.1. The molecule has 2 aromatic carbocycles. The maximum absolute atomic E-state index is 12.4. The highest BCUT2D eigenvalue weighted by molar-refractivity contribution is 7.20. The molecule has 4 aromatic rings. The van der Waals surface area contributed by atoms with E-state index in [9.17, 15) is 9.59 Å². The molecule has 0 amide bonds. The first kappa shape index (κ1) is 35.5. The number of ketones is 1. The van der Waals surface area contributed by atoms with Gasteiger partial charge >= 0.3 is 5.97 Å². The molecule has 0 bridgehead atoms. The van der Waals surface area contributed by atoms with Crippen molar-refractivity contribution < 1.29 is 28.5 Å². The Bertz CT molecular complexity index is 1770. The first-order valence-electron chi connectivity index (χ1n) is 15.5. The lowest BCUT2D eigenvalue weighted by Crippen LogP contribution is -2.38. The van der Waals surface area contributed by atoms with Gasteiger partial charge in [-0.15, -0.1) is 22.7 Å². The number of methoxy groups -OCH3 is 2. The molecule has 1 aliphatic rings. The Hall–Kier alpha value is -3.36. The summed E-state index contributed by atoms with van der Waals surface area (Å²) in [4.78, 5) is 26.5. The van der Waals surface area contributed by atoms with Crippen LogP contribution >= 0.6 is 22.7 Å². The van der Waals surface area contributed by atoms with Crippen molar-refractivity contribution in [1.82, 2.24) is 0 Å². The number of rotatable bonds is 7. The number of benzene rings is 2. The summed E-state index contributed by atoms with van der Waals surface area (Å²) in [6, 6.07) is 15.9. The van der Waals surface area contributed by atoms with E-state index in [1.165, 1.54) is 31.9 Å². The molecule has 0 saturated carbocycles. The van der Waals surface area contributed by atoms with Crippen molar-refractivity contribution in [1.29, 1.82) is 0 Å². The quantitative estimate of drug-likeness (QED) is 0.183. The average molecular weight is 665 g/mol. The van der Waals surface area contributed by atoms with Gasteiger partial charge in [-0.2, -0.15) is 0 Å². The number of ether oxygens (including phenoxy) is 4. The molecule has 0 unspecified atom stereocenters. The van der Waals surface area contributed by atoms with E-state index in [0.717, 1.165) is 34.0 Å². The van der Waals surface area contributed by atoms with Gasteiger partial charge in [-0.25, -0.2) is 4.79 Å². The number of carbonyl (C=O) groups is 2. The fraction of sp³-hybridized carbons (Fsp3) is 0.474. The second kappa shape index (κ2) is 13.0. The van der Waals surface area contributed by atoms with E-state index >= 15 is 0 Å². The summed E-state index contributed by atoms with van der Waals surface area (Å²) in [6.07, 6.45) is 0. The van der Waals surface area contributed by atoms with Gasteiger partial charge in [0.25, 0.3) is 0 Å². The number of esters is 1. The van der Waals surface area contributed by atoms with Crippen LogP contribution in [0.5, 0.6) is 11.5 Å². The van der Waals surface area contributed by atoms with E-state index in [0.29, 0.717) is 4.88 Å². The lowest BCUT2D eigenvalue weighted by molar-refractivity contribution is -0.137. The average Bonchev–Trinajstić information content (AvgIpc) is 3.68. The number of hydrogen-bond acceptors (Lipinski definition) is 8. The molecule has 2 aromatic heterocycles. The van der Waals surface area contributed by atoms with Crippen LogP contribution in [-0.2, 0) is 14.3 Å². The van der Waals surface area contributed by atoms with Crippen molar-refractivity contribution >= 4 is 60.4 Å². The molecule has 3 heterocycles. The smallest absolute Gasteiger partial charge is 0.348 e. The van der Waals surface area contributed by atoms with Crippen molar-refractivity contribution in [2.45, 2.75) is 69.2 Å². The second-order valence-electron chi connectivity index (χ2n) is 15.2. The van der Waals surface area contributed by atoms with Crippen LogP contribution in [0.25, 0.3) is 25.9 Å². The van der Waals surface area contributed by atoms with Crippen molar-refractivity contribution in [2.24, 2.45) is 21.7 Å². The predicted octanol–water partition coefficient (Wildman–Crippen LogP) is 10.4. The molecule has 0 aliphatic carbocycles. The molecule has 0 atom stereocenters. The second-order valence-corrected chi connectivity index (χ2v) is 17.4. The Morgan fingerprint density at radius 2 is 1.35 bits per heavy atom. The number of carbonyl (C=O) groups excluding carboxylic acids is 2. The summed E-state index contributed by atoms with van der Waals surface area (Å²) in [5.41, 5.74) is 0.418. The number of Topliss-reactive ketones (excluding diaryl/α,β-unsaturated/α-hetero) is 1. The number of hydrogen-bond donors (Lipinski definition) is 0. The summed E-state index contributed by atoms with van der Waals surface area (Å²) in [5, 5.41) is 2.16. The van der Waals surface area contributed by atoms with Gasteiger partial charge in [0.1, 0.15) is 34.5 Å². The number of fused-ring (bicyclic) bond motifs is 2. The van der Waals surface area contributed by atoms with Crippen molar-refractivity contribution in [2.75, 3.05) is 27.4 Å². The minimum atomic E-state index is -0.714. The van der Waals surface area contributed by atoms with Gasteiger partial charge < -0.3 is 18.9 Å². The van der Waals surface area contributed by atoms with Crippen LogP contribution < -0.4 is 9.47 Å².